The van der Waals surface area contributed by atoms with Gasteiger partial charge in [0.15, 0.2) is 5.82 Å². The molecule has 4 aromatic rings. The summed E-state index contributed by atoms with van der Waals surface area (Å²) < 4.78 is 46.1. The predicted octanol–water partition coefficient (Wildman–Crippen LogP) is 5.52. The Bertz CT molecular complexity index is 1350. The highest BCUT2D eigenvalue weighted by Crippen LogP contribution is 2.35. The standard InChI is InChI=1S/C19H17F3N8O2S.C3H6/c1-9(32-3)14-13(8-24-17-15(14)27-10(2)33-17)29-18(31)28-11-6-12(19(20,21)22)16(23-7-11)30-25-4-5-26-30;1-2-3-1/h4-9H,1-3H3,(H2,28,29,31);1-3H2. The summed E-state index contributed by atoms with van der Waals surface area (Å²) in [7, 11) is 1.51. The van der Waals surface area contributed by atoms with Crippen molar-refractivity contribution < 1.29 is 22.7 Å². The zero-order valence-corrected chi connectivity index (χ0v) is 20.4. The van der Waals surface area contributed by atoms with Gasteiger partial charge >= 0.3 is 12.2 Å². The number of hydrogen-bond acceptors (Lipinski definition) is 8. The third kappa shape index (κ3) is 5.94. The number of anilines is 2. The van der Waals surface area contributed by atoms with Crippen LogP contribution in [0.15, 0.2) is 30.9 Å². The van der Waals surface area contributed by atoms with Crippen molar-refractivity contribution in [3.8, 4) is 5.82 Å². The van der Waals surface area contributed by atoms with E-state index in [1.54, 1.807) is 6.92 Å². The maximum atomic E-state index is 13.6. The molecule has 0 aromatic carbocycles. The van der Waals surface area contributed by atoms with Gasteiger partial charge in [-0.1, -0.05) is 30.6 Å². The summed E-state index contributed by atoms with van der Waals surface area (Å²) in [6.45, 7) is 3.62. The van der Waals surface area contributed by atoms with Crippen LogP contribution in [0, 0.1) is 6.92 Å². The number of nitrogens with zero attached hydrogens (tertiary/aromatic N) is 6. The molecule has 1 atom stereocenters. The lowest BCUT2D eigenvalue weighted by Crippen LogP contribution is -2.22. The highest BCUT2D eigenvalue weighted by Gasteiger charge is 2.36. The number of urea groups is 1. The molecule has 0 bridgehead atoms. The van der Waals surface area contributed by atoms with Crippen molar-refractivity contribution in [3.63, 3.8) is 0 Å². The number of carbonyl (C=O) groups excluding carboxylic acids is 1. The van der Waals surface area contributed by atoms with E-state index in [1.165, 1.54) is 56.3 Å². The third-order valence-electron chi connectivity index (χ3n) is 4.97. The number of hydrogen-bond donors (Lipinski definition) is 2. The number of ether oxygens (including phenoxy) is 1. The van der Waals surface area contributed by atoms with Gasteiger partial charge in [0, 0.05) is 12.7 Å². The molecule has 4 heterocycles. The van der Waals surface area contributed by atoms with E-state index in [1.807, 2.05) is 6.92 Å². The van der Waals surface area contributed by atoms with Crippen LogP contribution in [0.4, 0.5) is 29.3 Å². The van der Waals surface area contributed by atoms with Gasteiger partial charge in [0.1, 0.15) is 15.9 Å². The molecule has 0 saturated heterocycles. The number of nitrogens with one attached hydrogen (secondary N) is 2. The van der Waals surface area contributed by atoms with Crippen molar-refractivity contribution in [2.24, 2.45) is 0 Å². The topological polar surface area (TPSA) is 120 Å². The normalized spacial score (nSPS) is 13.6. The van der Waals surface area contributed by atoms with Crippen LogP contribution in [-0.2, 0) is 10.9 Å². The molecule has 1 unspecified atom stereocenters. The minimum absolute atomic E-state index is 0.171. The Morgan fingerprint density at radius 1 is 1.14 bits per heavy atom. The molecule has 2 amide bonds. The summed E-state index contributed by atoms with van der Waals surface area (Å²) >= 11 is 1.40. The predicted molar refractivity (Wildman–Crippen MR) is 128 cm³/mol. The molecule has 190 valence electrons. The highest BCUT2D eigenvalue weighted by atomic mass is 32.1. The number of alkyl halides is 3. The van der Waals surface area contributed by atoms with Gasteiger partial charge in [-0.2, -0.15) is 23.4 Å². The van der Waals surface area contributed by atoms with E-state index >= 15 is 0 Å². The van der Waals surface area contributed by atoms with Gasteiger partial charge in [0.25, 0.3) is 0 Å². The fourth-order valence-corrected chi connectivity index (χ4v) is 3.91. The average Bonchev–Trinajstić information content (AvgIpc) is 3.52. The second-order valence-electron chi connectivity index (χ2n) is 7.90. The lowest BCUT2D eigenvalue weighted by Gasteiger charge is -2.17. The Morgan fingerprint density at radius 3 is 2.44 bits per heavy atom. The summed E-state index contributed by atoms with van der Waals surface area (Å²) in [5.74, 6) is -0.511. The van der Waals surface area contributed by atoms with Gasteiger partial charge in [-0.25, -0.2) is 19.7 Å². The summed E-state index contributed by atoms with van der Waals surface area (Å²) in [5.41, 5.74) is 0.237. The van der Waals surface area contributed by atoms with Crippen molar-refractivity contribution in [2.75, 3.05) is 17.7 Å². The van der Waals surface area contributed by atoms with Crippen LogP contribution in [0.5, 0.6) is 0 Å². The Labute approximate surface area is 207 Å². The summed E-state index contributed by atoms with van der Waals surface area (Å²) in [6, 6.07) is -0.0256. The van der Waals surface area contributed by atoms with Crippen molar-refractivity contribution in [3.05, 3.63) is 47.0 Å². The van der Waals surface area contributed by atoms with Gasteiger partial charge in [0.2, 0.25) is 0 Å². The number of rotatable bonds is 5. The zero-order valence-electron chi connectivity index (χ0n) is 19.6. The lowest BCUT2D eigenvalue weighted by atomic mass is 10.1. The molecule has 14 heteroatoms. The molecular weight excluding hydrogens is 497 g/mol. The van der Waals surface area contributed by atoms with Gasteiger partial charge in [-0.15, -0.1) is 4.80 Å². The highest BCUT2D eigenvalue weighted by molar-refractivity contribution is 7.18. The fraction of sp³-hybridized carbons (Fsp3) is 0.364. The number of amides is 2. The van der Waals surface area contributed by atoms with Crippen LogP contribution in [-0.4, -0.2) is 43.1 Å². The minimum Gasteiger partial charge on any atom is -0.377 e. The molecule has 1 saturated carbocycles. The molecule has 5 rings (SSSR count). The number of thiazole rings is 1. The molecule has 4 aromatic heterocycles. The number of aromatic nitrogens is 6. The van der Waals surface area contributed by atoms with Crippen molar-refractivity contribution in [2.45, 2.75) is 45.4 Å². The molecule has 0 radical (unpaired) electrons. The molecule has 0 spiro atoms. The lowest BCUT2D eigenvalue weighted by molar-refractivity contribution is -0.137. The third-order valence-corrected chi connectivity index (χ3v) is 5.85. The average molecular weight is 521 g/mol. The Hall–Kier alpha value is -3.65. The van der Waals surface area contributed by atoms with E-state index < -0.39 is 29.7 Å². The first-order valence-corrected chi connectivity index (χ1v) is 11.8. The van der Waals surface area contributed by atoms with Crippen LogP contribution >= 0.6 is 11.3 Å². The van der Waals surface area contributed by atoms with Gasteiger partial charge in [-0.05, 0) is 19.9 Å². The second kappa shape index (κ2) is 10.5. The van der Waals surface area contributed by atoms with Gasteiger partial charge in [-0.3, -0.25) is 0 Å². The first-order valence-electron chi connectivity index (χ1n) is 11.0. The van der Waals surface area contributed by atoms with Crippen molar-refractivity contribution >= 4 is 39.1 Å². The summed E-state index contributed by atoms with van der Waals surface area (Å²) in [6.07, 6.45) is 4.33. The molecule has 2 N–H and O–H groups in total. The van der Waals surface area contributed by atoms with Gasteiger partial charge < -0.3 is 15.4 Å². The first kappa shape index (κ1) is 25.4. The molecule has 10 nitrogen and oxygen atoms in total. The maximum absolute atomic E-state index is 13.6. The van der Waals surface area contributed by atoms with Crippen LogP contribution < -0.4 is 10.6 Å². The fourth-order valence-electron chi connectivity index (χ4n) is 3.13. The summed E-state index contributed by atoms with van der Waals surface area (Å²) in [5, 5.41) is 13.1. The van der Waals surface area contributed by atoms with E-state index in [-0.39, 0.29) is 5.69 Å². The maximum Gasteiger partial charge on any atom is 0.420 e. The van der Waals surface area contributed by atoms with Crippen LogP contribution in [0.25, 0.3) is 16.2 Å². The molecule has 0 aliphatic heterocycles. The quantitative estimate of drug-likeness (QED) is 0.356. The molecule has 1 aliphatic carbocycles. The number of methoxy groups -OCH3 is 1. The van der Waals surface area contributed by atoms with Gasteiger partial charge in [0.05, 0.1) is 47.3 Å². The Morgan fingerprint density at radius 2 is 1.83 bits per heavy atom. The molecule has 1 aliphatic rings. The number of halogens is 3. The number of aryl methyl sites for hydroxylation is 1. The molecule has 1 fully saturated rings. The number of fused-ring (bicyclic) bond motifs is 1. The Balaban J connectivity index is 0.000000943. The van der Waals surface area contributed by atoms with E-state index in [9.17, 15) is 18.0 Å². The van der Waals surface area contributed by atoms with Crippen LogP contribution in [0.3, 0.4) is 0 Å². The van der Waals surface area contributed by atoms with Crippen LogP contribution in [0.2, 0.25) is 0 Å². The molecule has 36 heavy (non-hydrogen) atoms. The van der Waals surface area contributed by atoms with E-state index in [4.69, 9.17) is 4.74 Å². The SMILES string of the molecule is C1CC1.COC(C)c1c(NC(=O)Nc2cnc(-n3nccn3)c(C(F)(F)F)c2)cnc2sc(C)nc12. The van der Waals surface area contributed by atoms with Crippen LogP contribution in [0.1, 0.15) is 48.4 Å². The van der Waals surface area contributed by atoms with E-state index in [2.05, 4.69) is 35.8 Å². The zero-order chi connectivity index (χ0) is 25.9. The summed E-state index contributed by atoms with van der Waals surface area (Å²) in [4.78, 5) is 26.6. The largest absolute Gasteiger partial charge is 0.420 e. The van der Waals surface area contributed by atoms with E-state index in [0.717, 1.165) is 22.1 Å². The molecular formula is C22H23F3N8O2S. The minimum atomic E-state index is -4.75. The van der Waals surface area contributed by atoms with E-state index in [0.29, 0.717) is 21.6 Å². The Kier molecular flexibility index (Phi) is 7.45. The van der Waals surface area contributed by atoms with Crippen molar-refractivity contribution in [1.82, 2.24) is 29.9 Å². The first-order chi connectivity index (χ1) is 17.2. The monoisotopic (exact) mass is 520 g/mol. The number of pyridine rings is 2. The smallest absolute Gasteiger partial charge is 0.377 e. The van der Waals surface area contributed by atoms with Crippen molar-refractivity contribution in [1.29, 1.82) is 0 Å². The number of carbonyl (C=O) groups is 1. The second-order valence-corrected chi connectivity index (χ2v) is 9.08.